The molecule has 0 aliphatic heterocycles. The van der Waals surface area contributed by atoms with E-state index < -0.39 is 0 Å². The molecule has 0 spiro atoms. The summed E-state index contributed by atoms with van der Waals surface area (Å²) in [5.41, 5.74) is 9.39. The van der Waals surface area contributed by atoms with Crippen LogP contribution in [0.2, 0.25) is 0 Å². The molecule has 0 fully saturated rings. The Labute approximate surface area is 103 Å². The van der Waals surface area contributed by atoms with Crippen molar-refractivity contribution in [1.82, 2.24) is 0 Å². The van der Waals surface area contributed by atoms with Crippen LogP contribution in [0.3, 0.4) is 0 Å². The molecule has 0 radical (unpaired) electrons. The number of benzene rings is 2. The standard InChI is InChI=1S/C16H17N/c17-13-12-16-9-5-4-8-15(16)11-10-14-6-2-1-3-7-14/h1-11H,12-13,17H2/b11-10+. The van der Waals surface area contributed by atoms with Crippen LogP contribution in [-0.4, -0.2) is 6.54 Å². The molecule has 0 unspecified atom stereocenters. The average Bonchev–Trinajstić information content (AvgIpc) is 2.39. The van der Waals surface area contributed by atoms with Crippen LogP contribution in [0.4, 0.5) is 0 Å². The first-order chi connectivity index (χ1) is 8.40. The normalized spacial score (nSPS) is 10.9. The van der Waals surface area contributed by atoms with Crippen molar-refractivity contribution in [3.63, 3.8) is 0 Å². The van der Waals surface area contributed by atoms with Gasteiger partial charge >= 0.3 is 0 Å². The molecule has 0 bridgehead atoms. The second-order valence-corrected chi connectivity index (χ2v) is 3.98. The van der Waals surface area contributed by atoms with Gasteiger partial charge in [0.05, 0.1) is 0 Å². The Morgan fingerprint density at radius 3 is 2.29 bits per heavy atom. The summed E-state index contributed by atoms with van der Waals surface area (Å²) in [5.74, 6) is 0. The number of hydrogen-bond acceptors (Lipinski definition) is 1. The second kappa shape index (κ2) is 6.02. The van der Waals surface area contributed by atoms with E-state index in [-0.39, 0.29) is 0 Å². The highest BCUT2D eigenvalue weighted by Crippen LogP contribution is 2.13. The molecular weight excluding hydrogens is 206 g/mol. The molecule has 0 aromatic heterocycles. The summed E-state index contributed by atoms with van der Waals surface area (Å²) < 4.78 is 0. The highest BCUT2D eigenvalue weighted by Gasteiger charge is 1.96. The maximum Gasteiger partial charge on any atom is -0.00365 e. The molecule has 0 atom stereocenters. The SMILES string of the molecule is NCCc1ccccc1/C=C/c1ccccc1. The van der Waals surface area contributed by atoms with E-state index in [9.17, 15) is 0 Å². The predicted molar refractivity (Wildman–Crippen MR) is 74.6 cm³/mol. The van der Waals surface area contributed by atoms with Crippen molar-refractivity contribution in [2.45, 2.75) is 6.42 Å². The second-order valence-electron chi connectivity index (χ2n) is 3.98. The zero-order chi connectivity index (χ0) is 11.9. The summed E-state index contributed by atoms with van der Waals surface area (Å²) in [5, 5.41) is 0. The van der Waals surface area contributed by atoms with Gasteiger partial charge in [-0.3, -0.25) is 0 Å². The topological polar surface area (TPSA) is 26.0 Å². The Bertz CT molecular complexity index is 486. The Morgan fingerprint density at radius 2 is 1.53 bits per heavy atom. The van der Waals surface area contributed by atoms with Gasteiger partial charge in [-0.05, 0) is 29.7 Å². The predicted octanol–water partition coefficient (Wildman–Crippen LogP) is 3.36. The third-order valence-electron chi connectivity index (χ3n) is 2.72. The van der Waals surface area contributed by atoms with Crippen LogP contribution >= 0.6 is 0 Å². The van der Waals surface area contributed by atoms with Gasteiger partial charge in [0.1, 0.15) is 0 Å². The van der Waals surface area contributed by atoms with E-state index in [1.807, 2.05) is 18.2 Å². The summed E-state index contributed by atoms with van der Waals surface area (Å²) in [6.45, 7) is 0.691. The molecule has 2 aromatic rings. The van der Waals surface area contributed by atoms with Gasteiger partial charge in [0.2, 0.25) is 0 Å². The lowest BCUT2D eigenvalue weighted by Gasteiger charge is -2.03. The van der Waals surface area contributed by atoms with Crippen molar-refractivity contribution in [1.29, 1.82) is 0 Å². The van der Waals surface area contributed by atoms with Gasteiger partial charge < -0.3 is 5.73 Å². The zero-order valence-electron chi connectivity index (χ0n) is 9.84. The summed E-state index contributed by atoms with van der Waals surface area (Å²) in [7, 11) is 0. The molecule has 0 heterocycles. The van der Waals surface area contributed by atoms with E-state index in [1.54, 1.807) is 0 Å². The van der Waals surface area contributed by atoms with Gasteiger partial charge in [-0.15, -0.1) is 0 Å². The lowest BCUT2D eigenvalue weighted by molar-refractivity contribution is 0.966. The van der Waals surface area contributed by atoms with Crippen molar-refractivity contribution in [3.8, 4) is 0 Å². The van der Waals surface area contributed by atoms with E-state index >= 15 is 0 Å². The van der Waals surface area contributed by atoms with Gasteiger partial charge in [0.15, 0.2) is 0 Å². The molecule has 0 amide bonds. The lowest BCUT2D eigenvalue weighted by atomic mass is 10.0. The molecule has 2 N–H and O–H groups in total. The first-order valence-electron chi connectivity index (χ1n) is 5.91. The summed E-state index contributed by atoms with van der Waals surface area (Å²) in [6, 6.07) is 18.7. The fourth-order valence-corrected chi connectivity index (χ4v) is 1.83. The number of nitrogens with two attached hydrogens (primary N) is 1. The zero-order valence-corrected chi connectivity index (χ0v) is 9.84. The van der Waals surface area contributed by atoms with Crippen LogP contribution in [-0.2, 0) is 6.42 Å². The van der Waals surface area contributed by atoms with Crippen LogP contribution in [0.25, 0.3) is 12.2 Å². The maximum atomic E-state index is 5.61. The molecule has 0 saturated heterocycles. The molecule has 1 nitrogen and oxygen atoms in total. The minimum absolute atomic E-state index is 0.691. The maximum absolute atomic E-state index is 5.61. The van der Waals surface area contributed by atoms with Crippen LogP contribution in [0.5, 0.6) is 0 Å². The average molecular weight is 223 g/mol. The molecule has 17 heavy (non-hydrogen) atoms. The summed E-state index contributed by atoms with van der Waals surface area (Å²) in [6.07, 6.45) is 5.21. The van der Waals surface area contributed by atoms with Gasteiger partial charge in [-0.2, -0.15) is 0 Å². The van der Waals surface area contributed by atoms with Gasteiger partial charge in [0.25, 0.3) is 0 Å². The molecular formula is C16H17N. The highest BCUT2D eigenvalue weighted by atomic mass is 14.5. The van der Waals surface area contributed by atoms with Gasteiger partial charge in [-0.25, -0.2) is 0 Å². The number of hydrogen-bond donors (Lipinski definition) is 1. The Hall–Kier alpha value is -1.86. The van der Waals surface area contributed by atoms with Gasteiger partial charge in [0, 0.05) is 0 Å². The van der Waals surface area contributed by atoms with E-state index in [0.717, 1.165) is 6.42 Å². The minimum Gasteiger partial charge on any atom is -0.330 e. The molecule has 0 aliphatic rings. The minimum atomic E-state index is 0.691. The molecule has 0 saturated carbocycles. The fraction of sp³-hybridized carbons (Fsp3) is 0.125. The summed E-state index contributed by atoms with van der Waals surface area (Å²) >= 11 is 0. The Morgan fingerprint density at radius 1 is 0.824 bits per heavy atom. The van der Waals surface area contributed by atoms with Crippen molar-refractivity contribution < 1.29 is 0 Å². The van der Waals surface area contributed by atoms with Crippen LogP contribution < -0.4 is 5.73 Å². The highest BCUT2D eigenvalue weighted by molar-refractivity contribution is 5.71. The fourth-order valence-electron chi connectivity index (χ4n) is 1.83. The van der Waals surface area contributed by atoms with Crippen LogP contribution in [0, 0.1) is 0 Å². The first-order valence-corrected chi connectivity index (χ1v) is 5.91. The van der Waals surface area contributed by atoms with E-state index in [4.69, 9.17) is 5.73 Å². The van der Waals surface area contributed by atoms with Gasteiger partial charge in [-0.1, -0.05) is 66.7 Å². The van der Waals surface area contributed by atoms with E-state index in [1.165, 1.54) is 16.7 Å². The van der Waals surface area contributed by atoms with E-state index in [2.05, 4.69) is 48.6 Å². The summed E-state index contributed by atoms with van der Waals surface area (Å²) in [4.78, 5) is 0. The lowest BCUT2D eigenvalue weighted by Crippen LogP contribution is -2.03. The van der Waals surface area contributed by atoms with Crippen molar-refractivity contribution in [3.05, 3.63) is 71.3 Å². The van der Waals surface area contributed by atoms with E-state index in [0.29, 0.717) is 6.54 Å². The molecule has 86 valence electrons. The molecule has 1 heteroatoms. The largest absolute Gasteiger partial charge is 0.330 e. The number of rotatable bonds is 4. The Balaban J connectivity index is 2.21. The van der Waals surface area contributed by atoms with Crippen molar-refractivity contribution >= 4 is 12.2 Å². The quantitative estimate of drug-likeness (QED) is 0.790. The Kier molecular flexibility index (Phi) is 4.11. The molecule has 2 aromatic carbocycles. The third-order valence-corrected chi connectivity index (χ3v) is 2.72. The monoisotopic (exact) mass is 223 g/mol. The molecule has 2 rings (SSSR count). The smallest absolute Gasteiger partial charge is 0.00365 e. The van der Waals surface area contributed by atoms with Crippen LogP contribution in [0.15, 0.2) is 54.6 Å². The van der Waals surface area contributed by atoms with Crippen LogP contribution in [0.1, 0.15) is 16.7 Å². The molecule has 0 aliphatic carbocycles. The first kappa shape index (κ1) is 11.6. The third kappa shape index (κ3) is 3.30. The van der Waals surface area contributed by atoms with Crippen molar-refractivity contribution in [2.24, 2.45) is 5.73 Å². The van der Waals surface area contributed by atoms with Crippen molar-refractivity contribution in [2.75, 3.05) is 6.54 Å².